The third-order valence-electron chi connectivity index (χ3n) is 3.62. The molecule has 3 aromatic rings. The van der Waals surface area contributed by atoms with Crippen LogP contribution in [0.4, 0.5) is 16.2 Å². The molecule has 0 saturated heterocycles. The number of amides is 3. The highest BCUT2D eigenvalue weighted by atomic mass is 35.5. The fraction of sp³-hybridized carbons (Fsp3) is 0. The Morgan fingerprint density at radius 1 is 1.07 bits per heavy atom. The smallest absolute Gasteiger partial charge is 0.316 e. The summed E-state index contributed by atoms with van der Waals surface area (Å²) in [7, 11) is 0. The lowest BCUT2D eigenvalue weighted by Crippen LogP contribution is -2.23. The molecule has 0 spiro atoms. The van der Waals surface area contributed by atoms with Crippen molar-refractivity contribution < 1.29 is 14.7 Å². The summed E-state index contributed by atoms with van der Waals surface area (Å²) in [5, 5.41) is 15.7. The molecular weight excluding hydrogens is 395 g/mol. The van der Waals surface area contributed by atoms with Gasteiger partial charge in [-0.3, -0.25) is 9.59 Å². The zero-order valence-electron chi connectivity index (χ0n) is 13.5. The van der Waals surface area contributed by atoms with Crippen LogP contribution in [0.5, 0.6) is 5.75 Å². The molecule has 1 aromatic heterocycles. The Bertz CT molecular complexity index is 1140. The lowest BCUT2D eigenvalue weighted by Gasteiger charge is -2.11. The van der Waals surface area contributed by atoms with Crippen molar-refractivity contribution in [2.24, 2.45) is 5.73 Å². The highest BCUT2D eigenvalue weighted by molar-refractivity contribution is 6.39. The molecule has 138 valence electrons. The number of benzene rings is 2. The number of rotatable bonds is 3. The second-order valence-corrected chi connectivity index (χ2v) is 6.36. The van der Waals surface area contributed by atoms with Gasteiger partial charge >= 0.3 is 6.03 Å². The number of carbonyl (C=O) groups is 2. The number of nitrogens with one attached hydrogen (secondary N) is 3. The number of halogens is 2. The molecule has 0 unspecified atom stereocenters. The number of aromatic amines is 1. The first-order chi connectivity index (χ1) is 12.8. The number of anilines is 2. The molecule has 10 heteroatoms. The Labute approximate surface area is 161 Å². The third-order valence-corrected chi connectivity index (χ3v) is 4.14. The van der Waals surface area contributed by atoms with E-state index in [1.54, 1.807) is 12.1 Å². The number of H-pyrrole nitrogens is 1. The summed E-state index contributed by atoms with van der Waals surface area (Å²) < 4.78 is 0. The number of aromatic hydroxyl groups is 1. The number of carbonyl (C=O) groups excluding carboxylic acids is 2. The van der Waals surface area contributed by atoms with Gasteiger partial charge in [-0.15, -0.1) is 0 Å². The van der Waals surface area contributed by atoms with Crippen molar-refractivity contribution in [2.45, 2.75) is 0 Å². The number of hydrogen-bond acceptors (Lipinski definition) is 4. The summed E-state index contributed by atoms with van der Waals surface area (Å²) in [5.41, 5.74) is 4.52. The fourth-order valence-corrected chi connectivity index (χ4v) is 3.13. The lowest BCUT2D eigenvalue weighted by atomic mass is 10.1. The molecule has 8 nitrogen and oxygen atoms in total. The highest BCUT2D eigenvalue weighted by Crippen LogP contribution is 2.34. The quantitative estimate of drug-likeness (QED) is 0.455. The average Bonchev–Trinajstić information content (AvgIpc) is 2.53. The number of primary amides is 1. The molecule has 1 heterocycles. The van der Waals surface area contributed by atoms with Crippen LogP contribution in [0, 0.1) is 0 Å². The Morgan fingerprint density at radius 3 is 2.41 bits per heavy atom. The molecule has 0 atom stereocenters. The first-order valence-electron chi connectivity index (χ1n) is 7.48. The molecule has 3 rings (SSSR count). The first-order valence-corrected chi connectivity index (χ1v) is 8.23. The number of pyridine rings is 1. The van der Waals surface area contributed by atoms with Crippen molar-refractivity contribution in [1.29, 1.82) is 0 Å². The minimum absolute atomic E-state index is 0.0768. The van der Waals surface area contributed by atoms with Crippen molar-refractivity contribution in [1.82, 2.24) is 4.98 Å². The molecule has 6 N–H and O–H groups in total. The third kappa shape index (κ3) is 3.81. The summed E-state index contributed by atoms with van der Waals surface area (Å²) in [4.78, 5) is 38.2. The Hall–Kier alpha value is -3.23. The largest absolute Gasteiger partial charge is 0.506 e. The maximum Gasteiger partial charge on any atom is 0.316 e. The molecule has 0 fully saturated rings. The summed E-state index contributed by atoms with van der Waals surface area (Å²) in [5.74, 6) is -1.43. The Morgan fingerprint density at radius 2 is 1.74 bits per heavy atom. The maximum atomic E-state index is 12.5. The van der Waals surface area contributed by atoms with Crippen molar-refractivity contribution >= 4 is 57.4 Å². The van der Waals surface area contributed by atoms with Gasteiger partial charge in [0.1, 0.15) is 11.3 Å². The summed E-state index contributed by atoms with van der Waals surface area (Å²) in [6.07, 6.45) is 0. The SMILES string of the molecule is NC(=O)Nc1cccc(NC(=O)c2c(O)c3c(Cl)cc(Cl)cc3[nH]c2=O)c1. The van der Waals surface area contributed by atoms with E-state index in [4.69, 9.17) is 28.9 Å². The zero-order valence-corrected chi connectivity index (χ0v) is 15.0. The zero-order chi connectivity index (χ0) is 19.7. The van der Waals surface area contributed by atoms with Crippen LogP contribution in [-0.2, 0) is 0 Å². The van der Waals surface area contributed by atoms with Crippen LogP contribution in [-0.4, -0.2) is 22.0 Å². The monoisotopic (exact) mass is 406 g/mol. The normalized spacial score (nSPS) is 10.6. The van der Waals surface area contributed by atoms with Crippen LogP contribution in [0.1, 0.15) is 10.4 Å². The number of urea groups is 1. The summed E-state index contributed by atoms with van der Waals surface area (Å²) in [6.45, 7) is 0. The Kier molecular flexibility index (Phi) is 4.93. The Balaban J connectivity index is 2.01. The molecule has 3 amide bonds. The van der Waals surface area contributed by atoms with E-state index >= 15 is 0 Å². The molecule has 0 aliphatic heterocycles. The van der Waals surface area contributed by atoms with Gasteiger partial charge in [0.05, 0.1) is 15.9 Å². The molecule has 27 heavy (non-hydrogen) atoms. The van der Waals surface area contributed by atoms with Gasteiger partial charge in [0, 0.05) is 16.4 Å². The van der Waals surface area contributed by atoms with Gasteiger partial charge in [-0.25, -0.2) is 4.79 Å². The topological polar surface area (TPSA) is 137 Å². The van der Waals surface area contributed by atoms with Crippen molar-refractivity contribution in [2.75, 3.05) is 10.6 Å². The van der Waals surface area contributed by atoms with Gasteiger partial charge in [0.25, 0.3) is 11.5 Å². The van der Waals surface area contributed by atoms with E-state index in [1.165, 1.54) is 24.3 Å². The molecule has 2 aromatic carbocycles. The van der Waals surface area contributed by atoms with Crippen LogP contribution in [0.25, 0.3) is 10.9 Å². The van der Waals surface area contributed by atoms with E-state index in [9.17, 15) is 19.5 Å². The lowest BCUT2D eigenvalue weighted by molar-refractivity contribution is 0.102. The highest BCUT2D eigenvalue weighted by Gasteiger charge is 2.21. The minimum atomic E-state index is -0.863. The summed E-state index contributed by atoms with van der Waals surface area (Å²) >= 11 is 12.0. The number of fused-ring (bicyclic) bond motifs is 1. The van der Waals surface area contributed by atoms with E-state index in [1.807, 2.05) is 0 Å². The van der Waals surface area contributed by atoms with Crippen LogP contribution >= 0.6 is 23.2 Å². The van der Waals surface area contributed by atoms with Gasteiger partial charge in [0.15, 0.2) is 0 Å². The standard InChI is InChI=1S/C17H12Cl2N4O4/c18-7-4-10(19)12-11(5-7)23-16(26)13(14(12)24)15(25)21-8-2-1-3-9(6-8)22-17(20)27/h1-6H,(H,21,25)(H3,20,22,27)(H2,23,24,26). The van der Waals surface area contributed by atoms with Gasteiger partial charge in [-0.05, 0) is 30.3 Å². The summed E-state index contributed by atoms with van der Waals surface area (Å²) in [6, 6.07) is 8.10. The van der Waals surface area contributed by atoms with Crippen molar-refractivity contribution in [3.8, 4) is 5.75 Å². The second-order valence-electron chi connectivity index (χ2n) is 5.51. The number of hydrogen-bond donors (Lipinski definition) is 5. The van der Waals surface area contributed by atoms with Crippen molar-refractivity contribution in [3.05, 3.63) is 62.4 Å². The molecular formula is C17H12Cl2N4O4. The van der Waals surface area contributed by atoms with E-state index < -0.39 is 28.8 Å². The fourth-order valence-electron chi connectivity index (χ4n) is 2.55. The van der Waals surface area contributed by atoms with Crippen LogP contribution in [0.15, 0.2) is 41.2 Å². The molecule has 0 radical (unpaired) electrons. The van der Waals surface area contributed by atoms with Gasteiger partial charge < -0.3 is 26.5 Å². The number of nitrogens with two attached hydrogens (primary N) is 1. The van der Waals surface area contributed by atoms with E-state index in [0.29, 0.717) is 5.69 Å². The van der Waals surface area contributed by atoms with E-state index in [2.05, 4.69) is 15.6 Å². The molecule has 0 bridgehead atoms. The molecule has 0 saturated carbocycles. The average molecular weight is 407 g/mol. The van der Waals surface area contributed by atoms with Gasteiger partial charge in [-0.2, -0.15) is 0 Å². The van der Waals surface area contributed by atoms with Gasteiger partial charge in [-0.1, -0.05) is 29.3 Å². The van der Waals surface area contributed by atoms with Crippen LogP contribution in [0.2, 0.25) is 10.0 Å². The van der Waals surface area contributed by atoms with E-state index in [0.717, 1.165) is 0 Å². The van der Waals surface area contributed by atoms with E-state index in [-0.39, 0.29) is 26.6 Å². The van der Waals surface area contributed by atoms with Crippen LogP contribution < -0.4 is 21.9 Å². The van der Waals surface area contributed by atoms with Crippen molar-refractivity contribution in [3.63, 3.8) is 0 Å². The second kappa shape index (κ2) is 7.18. The van der Waals surface area contributed by atoms with Crippen LogP contribution in [0.3, 0.4) is 0 Å². The maximum absolute atomic E-state index is 12.5. The predicted molar refractivity (Wildman–Crippen MR) is 104 cm³/mol. The minimum Gasteiger partial charge on any atom is -0.506 e. The predicted octanol–water partition coefficient (Wildman–Crippen LogP) is 3.28. The van der Waals surface area contributed by atoms with Gasteiger partial charge in [0.2, 0.25) is 0 Å². The molecule has 0 aliphatic carbocycles. The molecule has 0 aliphatic rings. The first kappa shape index (κ1) is 18.6. The number of aromatic nitrogens is 1.